The zero-order chi connectivity index (χ0) is 19.3. The smallest absolute Gasteiger partial charge is 0.361 e. The SMILES string of the molecule is O=C(CCc1c[nH]c2ccccc12)NCC#Cc1cccc(C(F)(F)F)c1. The van der Waals surface area contributed by atoms with Gasteiger partial charge in [-0.05, 0) is 36.2 Å². The molecule has 0 radical (unpaired) electrons. The number of aromatic nitrogens is 1. The van der Waals surface area contributed by atoms with Gasteiger partial charge < -0.3 is 10.3 Å². The van der Waals surface area contributed by atoms with Crippen molar-refractivity contribution in [1.29, 1.82) is 0 Å². The van der Waals surface area contributed by atoms with Gasteiger partial charge in [-0.25, -0.2) is 0 Å². The number of hydrogen-bond acceptors (Lipinski definition) is 1. The Morgan fingerprint density at radius 3 is 2.74 bits per heavy atom. The number of amides is 1. The molecule has 3 rings (SSSR count). The molecule has 0 atom stereocenters. The van der Waals surface area contributed by atoms with Crippen molar-refractivity contribution in [1.82, 2.24) is 10.3 Å². The molecule has 1 amide bonds. The van der Waals surface area contributed by atoms with Crippen LogP contribution in [0.5, 0.6) is 0 Å². The van der Waals surface area contributed by atoms with E-state index in [4.69, 9.17) is 0 Å². The quantitative estimate of drug-likeness (QED) is 0.662. The Kier molecular flexibility index (Phi) is 5.51. The normalized spacial score (nSPS) is 11.1. The number of halogens is 3. The Morgan fingerprint density at radius 2 is 1.93 bits per heavy atom. The number of para-hydroxylation sites is 1. The number of carbonyl (C=O) groups excluding carboxylic acids is 1. The van der Waals surface area contributed by atoms with E-state index >= 15 is 0 Å². The first-order valence-electron chi connectivity index (χ1n) is 8.41. The average molecular weight is 370 g/mol. The monoisotopic (exact) mass is 370 g/mol. The second-order valence-electron chi connectivity index (χ2n) is 6.02. The summed E-state index contributed by atoms with van der Waals surface area (Å²) in [6, 6.07) is 12.7. The molecule has 27 heavy (non-hydrogen) atoms. The van der Waals surface area contributed by atoms with E-state index in [-0.39, 0.29) is 18.0 Å². The topological polar surface area (TPSA) is 44.9 Å². The fourth-order valence-electron chi connectivity index (χ4n) is 2.74. The van der Waals surface area contributed by atoms with Crippen molar-refractivity contribution in [3.63, 3.8) is 0 Å². The highest BCUT2D eigenvalue weighted by atomic mass is 19.4. The second kappa shape index (κ2) is 8.00. The van der Waals surface area contributed by atoms with Gasteiger partial charge in [0.15, 0.2) is 0 Å². The van der Waals surface area contributed by atoms with Gasteiger partial charge in [0.05, 0.1) is 12.1 Å². The van der Waals surface area contributed by atoms with E-state index in [1.54, 1.807) is 0 Å². The summed E-state index contributed by atoms with van der Waals surface area (Å²) in [5.74, 6) is 5.16. The van der Waals surface area contributed by atoms with Gasteiger partial charge in [0, 0.05) is 29.1 Å². The molecular formula is C21H17F3N2O. The van der Waals surface area contributed by atoms with E-state index in [2.05, 4.69) is 22.1 Å². The summed E-state index contributed by atoms with van der Waals surface area (Å²) in [6.45, 7) is 0.0863. The van der Waals surface area contributed by atoms with Crippen LogP contribution in [0, 0.1) is 11.8 Å². The lowest BCUT2D eigenvalue weighted by Crippen LogP contribution is -2.23. The van der Waals surface area contributed by atoms with Crippen LogP contribution in [0.1, 0.15) is 23.1 Å². The maximum absolute atomic E-state index is 12.7. The summed E-state index contributed by atoms with van der Waals surface area (Å²) in [4.78, 5) is 15.1. The minimum Gasteiger partial charge on any atom is -0.361 e. The maximum Gasteiger partial charge on any atom is 0.416 e. The van der Waals surface area contributed by atoms with Gasteiger partial charge in [0.1, 0.15) is 0 Å². The van der Waals surface area contributed by atoms with E-state index in [1.165, 1.54) is 12.1 Å². The van der Waals surface area contributed by atoms with Crippen molar-refractivity contribution >= 4 is 16.8 Å². The Balaban J connectivity index is 1.50. The number of benzene rings is 2. The average Bonchev–Trinajstić information content (AvgIpc) is 3.06. The van der Waals surface area contributed by atoms with Crippen molar-refractivity contribution in [3.8, 4) is 11.8 Å². The van der Waals surface area contributed by atoms with Gasteiger partial charge in [-0.1, -0.05) is 36.1 Å². The summed E-state index contributed by atoms with van der Waals surface area (Å²) < 4.78 is 38.0. The molecule has 0 aliphatic carbocycles. The molecule has 0 saturated carbocycles. The van der Waals surface area contributed by atoms with E-state index in [0.717, 1.165) is 28.6 Å². The number of aromatic amines is 1. The van der Waals surface area contributed by atoms with Crippen LogP contribution in [0.4, 0.5) is 13.2 Å². The van der Waals surface area contributed by atoms with Gasteiger partial charge in [0.2, 0.25) is 5.91 Å². The molecule has 1 aromatic heterocycles. The number of H-pyrrole nitrogens is 1. The van der Waals surface area contributed by atoms with Crippen LogP contribution < -0.4 is 5.32 Å². The first-order valence-corrected chi connectivity index (χ1v) is 8.41. The van der Waals surface area contributed by atoms with Gasteiger partial charge in [-0.3, -0.25) is 4.79 Å². The summed E-state index contributed by atoms with van der Waals surface area (Å²) in [7, 11) is 0. The lowest BCUT2D eigenvalue weighted by molar-refractivity contribution is -0.137. The summed E-state index contributed by atoms with van der Waals surface area (Å²) in [6.07, 6.45) is -1.59. The summed E-state index contributed by atoms with van der Waals surface area (Å²) in [5.41, 5.74) is 1.62. The van der Waals surface area contributed by atoms with Crippen molar-refractivity contribution in [2.45, 2.75) is 19.0 Å². The Labute approximate surface area is 154 Å². The molecule has 0 spiro atoms. The minimum atomic E-state index is -4.39. The van der Waals surface area contributed by atoms with Gasteiger partial charge in [0.25, 0.3) is 0 Å². The third-order valence-corrected chi connectivity index (χ3v) is 4.09. The zero-order valence-corrected chi connectivity index (χ0v) is 14.4. The molecule has 1 heterocycles. The van der Waals surface area contributed by atoms with Crippen LogP contribution in [0.15, 0.2) is 54.7 Å². The van der Waals surface area contributed by atoms with Crippen molar-refractivity contribution in [2.24, 2.45) is 0 Å². The summed E-state index contributed by atoms with van der Waals surface area (Å²) >= 11 is 0. The Bertz CT molecular complexity index is 1010. The molecule has 0 saturated heterocycles. The number of fused-ring (bicyclic) bond motifs is 1. The fraction of sp³-hybridized carbons (Fsp3) is 0.190. The van der Waals surface area contributed by atoms with Crippen LogP contribution in [-0.2, 0) is 17.4 Å². The van der Waals surface area contributed by atoms with Crippen LogP contribution in [0.3, 0.4) is 0 Å². The molecule has 138 valence electrons. The molecule has 0 bridgehead atoms. The fourth-order valence-corrected chi connectivity index (χ4v) is 2.74. The van der Waals surface area contributed by atoms with Crippen LogP contribution in [-0.4, -0.2) is 17.4 Å². The molecule has 0 aliphatic heterocycles. The molecule has 3 nitrogen and oxygen atoms in total. The van der Waals surface area contributed by atoms with Crippen LogP contribution in [0.25, 0.3) is 10.9 Å². The lowest BCUT2D eigenvalue weighted by Gasteiger charge is -2.05. The molecule has 0 aliphatic rings. The summed E-state index contributed by atoms with van der Waals surface area (Å²) in [5, 5.41) is 3.76. The van der Waals surface area contributed by atoms with E-state index < -0.39 is 11.7 Å². The number of aryl methyl sites for hydroxylation is 1. The standard InChI is InChI=1S/C21H17F3N2O/c22-21(23,24)17-7-3-5-15(13-17)6-4-12-25-20(27)11-10-16-14-26-19-9-2-1-8-18(16)19/h1-3,5,7-9,13-14,26H,10-12H2,(H,25,27). The minimum absolute atomic E-state index is 0.0863. The predicted molar refractivity (Wildman–Crippen MR) is 98.0 cm³/mol. The molecular weight excluding hydrogens is 353 g/mol. The van der Waals surface area contributed by atoms with Gasteiger partial charge in [-0.15, -0.1) is 0 Å². The predicted octanol–water partition coefficient (Wildman–Crippen LogP) is 4.29. The molecule has 3 aromatic rings. The van der Waals surface area contributed by atoms with Crippen molar-refractivity contribution < 1.29 is 18.0 Å². The van der Waals surface area contributed by atoms with Crippen molar-refractivity contribution in [3.05, 3.63) is 71.4 Å². The zero-order valence-electron chi connectivity index (χ0n) is 14.4. The van der Waals surface area contributed by atoms with Crippen LogP contribution >= 0.6 is 0 Å². The lowest BCUT2D eigenvalue weighted by atomic mass is 10.1. The van der Waals surface area contributed by atoms with Crippen molar-refractivity contribution in [2.75, 3.05) is 6.54 Å². The molecule has 2 aromatic carbocycles. The highest BCUT2D eigenvalue weighted by molar-refractivity contribution is 5.84. The Morgan fingerprint density at radius 1 is 1.11 bits per heavy atom. The second-order valence-corrected chi connectivity index (χ2v) is 6.02. The van der Waals surface area contributed by atoms with E-state index in [9.17, 15) is 18.0 Å². The number of hydrogen-bond donors (Lipinski definition) is 2. The maximum atomic E-state index is 12.7. The molecule has 0 unspecified atom stereocenters. The van der Waals surface area contributed by atoms with E-state index in [0.29, 0.717) is 12.8 Å². The first kappa shape index (κ1) is 18.6. The number of carbonyl (C=O) groups is 1. The number of alkyl halides is 3. The van der Waals surface area contributed by atoms with Gasteiger partial charge >= 0.3 is 6.18 Å². The number of nitrogens with one attached hydrogen (secondary N) is 2. The molecule has 0 fully saturated rings. The third-order valence-electron chi connectivity index (χ3n) is 4.09. The molecule has 2 N–H and O–H groups in total. The number of rotatable bonds is 4. The highest BCUT2D eigenvalue weighted by Gasteiger charge is 2.30. The van der Waals surface area contributed by atoms with E-state index in [1.807, 2.05) is 30.5 Å². The third kappa shape index (κ3) is 4.91. The van der Waals surface area contributed by atoms with Crippen LogP contribution in [0.2, 0.25) is 0 Å². The first-order chi connectivity index (χ1) is 12.9. The highest BCUT2D eigenvalue weighted by Crippen LogP contribution is 2.29. The largest absolute Gasteiger partial charge is 0.416 e. The Hall–Kier alpha value is -3.20. The molecule has 6 heteroatoms. The van der Waals surface area contributed by atoms with Gasteiger partial charge in [-0.2, -0.15) is 13.2 Å².